The lowest BCUT2D eigenvalue weighted by atomic mass is 10.0. The molecule has 23 heavy (non-hydrogen) atoms. The molecule has 4 heterocycles. The number of rotatable bonds is 3. The maximum Gasteiger partial charge on any atom is 0.163 e. The molecule has 4 rings (SSSR count). The second-order valence-corrected chi connectivity index (χ2v) is 6.29. The third kappa shape index (κ3) is 2.56. The highest BCUT2D eigenvalue weighted by Crippen LogP contribution is 2.29. The molecule has 1 aliphatic rings. The Morgan fingerprint density at radius 2 is 2.09 bits per heavy atom. The van der Waals surface area contributed by atoms with E-state index in [4.69, 9.17) is 0 Å². The fourth-order valence-electron chi connectivity index (χ4n) is 3.43. The maximum atomic E-state index is 4.57. The van der Waals surface area contributed by atoms with Crippen LogP contribution in [-0.4, -0.2) is 42.1 Å². The van der Waals surface area contributed by atoms with E-state index >= 15 is 0 Å². The van der Waals surface area contributed by atoms with Gasteiger partial charge < -0.3 is 4.90 Å². The fourth-order valence-corrected chi connectivity index (χ4v) is 3.43. The molecule has 1 unspecified atom stereocenters. The minimum Gasteiger partial charge on any atom is -0.351 e. The van der Waals surface area contributed by atoms with E-state index in [1.807, 2.05) is 24.1 Å². The lowest BCUT2D eigenvalue weighted by molar-refractivity contribution is 0.397. The van der Waals surface area contributed by atoms with Crippen molar-refractivity contribution in [2.75, 3.05) is 11.4 Å². The van der Waals surface area contributed by atoms with Gasteiger partial charge in [-0.3, -0.25) is 9.36 Å². The van der Waals surface area contributed by atoms with Crippen LogP contribution in [0, 0.1) is 6.92 Å². The average molecular weight is 311 g/mol. The van der Waals surface area contributed by atoms with Crippen LogP contribution in [0.1, 0.15) is 24.8 Å². The third-order valence-electron chi connectivity index (χ3n) is 4.57. The van der Waals surface area contributed by atoms with Crippen molar-refractivity contribution >= 4 is 16.9 Å². The first-order chi connectivity index (χ1) is 11.2. The molecule has 0 bridgehead atoms. The first kappa shape index (κ1) is 14.2. The van der Waals surface area contributed by atoms with Crippen LogP contribution in [0.5, 0.6) is 0 Å². The Bertz CT molecular complexity index is 819. The van der Waals surface area contributed by atoms with Crippen LogP contribution in [0.25, 0.3) is 11.0 Å². The monoisotopic (exact) mass is 311 g/mol. The van der Waals surface area contributed by atoms with E-state index in [1.54, 1.807) is 11.0 Å². The molecular formula is C16H21N7. The number of aromatic nitrogens is 6. The van der Waals surface area contributed by atoms with Crippen LogP contribution < -0.4 is 4.90 Å². The Hall–Kier alpha value is -2.44. The minimum absolute atomic E-state index is 0.404. The summed E-state index contributed by atoms with van der Waals surface area (Å²) in [7, 11) is 1.92. The maximum absolute atomic E-state index is 4.57. The molecular weight excluding hydrogens is 290 g/mol. The van der Waals surface area contributed by atoms with Gasteiger partial charge >= 0.3 is 0 Å². The Balaban J connectivity index is 1.69. The van der Waals surface area contributed by atoms with Gasteiger partial charge in [-0.15, -0.1) is 0 Å². The topological polar surface area (TPSA) is 64.7 Å². The number of hydrogen-bond donors (Lipinski definition) is 0. The van der Waals surface area contributed by atoms with Crippen molar-refractivity contribution in [3.05, 3.63) is 30.5 Å². The summed E-state index contributed by atoms with van der Waals surface area (Å²) in [6.45, 7) is 3.98. The smallest absolute Gasteiger partial charge is 0.163 e. The molecule has 1 fully saturated rings. The van der Waals surface area contributed by atoms with Crippen LogP contribution in [0.2, 0.25) is 0 Å². The van der Waals surface area contributed by atoms with E-state index < -0.39 is 0 Å². The first-order valence-electron chi connectivity index (χ1n) is 8.11. The molecule has 120 valence electrons. The lowest BCUT2D eigenvalue weighted by Crippen LogP contribution is -2.43. The molecule has 7 nitrogen and oxygen atoms in total. The van der Waals surface area contributed by atoms with E-state index in [-0.39, 0.29) is 0 Å². The molecule has 0 aromatic carbocycles. The van der Waals surface area contributed by atoms with Crippen LogP contribution >= 0.6 is 0 Å². The van der Waals surface area contributed by atoms with Gasteiger partial charge in [-0.2, -0.15) is 10.2 Å². The predicted molar refractivity (Wildman–Crippen MR) is 88.3 cm³/mol. The zero-order valence-electron chi connectivity index (χ0n) is 13.6. The zero-order chi connectivity index (χ0) is 15.8. The van der Waals surface area contributed by atoms with Crippen LogP contribution in [0.15, 0.2) is 24.9 Å². The van der Waals surface area contributed by atoms with Crippen molar-refractivity contribution in [3.63, 3.8) is 0 Å². The Morgan fingerprint density at radius 3 is 2.91 bits per heavy atom. The summed E-state index contributed by atoms with van der Waals surface area (Å²) < 4.78 is 3.84. The average Bonchev–Trinajstić information content (AvgIpc) is 3.14. The zero-order valence-corrected chi connectivity index (χ0v) is 13.6. The van der Waals surface area contributed by atoms with Crippen molar-refractivity contribution in [2.24, 2.45) is 7.05 Å². The number of piperidine rings is 1. The van der Waals surface area contributed by atoms with Gasteiger partial charge in [0.1, 0.15) is 12.1 Å². The Kier molecular flexibility index (Phi) is 3.48. The molecule has 0 saturated carbocycles. The molecule has 3 aromatic rings. The Labute approximate surface area is 134 Å². The molecule has 1 atom stereocenters. The van der Waals surface area contributed by atoms with Gasteiger partial charge in [0.2, 0.25) is 0 Å². The third-order valence-corrected chi connectivity index (χ3v) is 4.57. The summed E-state index contributed by atoms with van der Waals surface area (Å²) in [5, 5.41) is 9.81. The summed E-state index contributed by atoms with van der Waals surface area (Å²) in [5.74, 6) is 0.997. The van der Waals surface area contributed by atoms with Crippen molar-refractivity contribution in [1.82, 2.24) is 29.5 Å². The highest BCUT2D eigenvalue weighted by atomic mass is 15.3. The van der Waals surface area contributed by atoms with Gasteiger partial charge in [0.25, 0.3) is 0 Å². The van der Waals surface area contributed by atoms with Gasteiger partial charge in [-0.05, 0) is 31.7 Å². The van der Waals surface area contributed by atoms with Crippen molar-refractivity contribution in [3.8, 4) is 0 Å². The highest BCUT2D eigenvalue weighted by Gasteiger charge is 2.26. The largest absolute Gasteiger partial charge is 0.351 e. The molecule has 1 aliphatic heterocycles. The number of anilines is 1. The molecule has 3 aromatic heterocycles. The Morgan fingerprint density at radius 1 is 1.17 bits per heavy atom. The van der Waals surface area contributed by atoms with Crippen molar-refractivity contribution in [1.29, 1.82) is 0 Å². The molecule has 0 spiro atoms. The summed E-state index contributed by atoms with van der Waals surface area (Å²) >= 11 is 0. The van der Waals surface area contributed by atoms with Crippen molar-refractivity contribution < 1.29 is 0 Å². The van der Waals surface area contributed by atoms with Gasteiger partial charge in [0.05, 0.1) is 30.4 Å². The quantitative estimate of drug-likeness (QED) is 0.739. The second kappa shape index (κ2) is 5.64. The molecule has 0 aliphatic carbocycles. The van der Waals surface area contributed by atoms with E-state index in [9.17, 15) is 0 Å². The summed E-state index contributed by atoms with van der Waals surface area (Å²) in [6.07, 6.45) is 11.1. The van der Waals surface area contributed by atoms with Gasteiger partial charge in [-0.1, -0.05) is 0 Å². The van der Waals surface area contributed by atoms with E-state index in [2.05, 4.69) is 38.2 Å². The van der Waals surface area contributed by atoms with E-state index in [0.29, 0.717) is 6.04 Å². The van der Waals surface area contributed by atoms with Gasteiger partial charge in [-0.25, -0.2) is 9.97 Å². The van der Waals surface area contributed by atoms with Crippen molar-refractivity contribution in [2.45, 2.75) is 38.8 Å². The first-order valence-corrected chi connectivity index (χ1v) is 8.11. The molecule has 7 heteroatoms. The van der Waals surface area contributed by atoms with Gasteiger partial charge in [0.15, 0.2) is 5.65 Å². The number of nitrogens with zero attached hydrogens (tertiary/aromatic N) is 7. The standard InChI is InChI=1S/C16H21N7/c1-12-7-20-22(9-12)10-13-5-3-4-6-23(13)16-14-8-19-21(2)15(14)17-11-18-16/h7-9,11,13H,3-6,10H2,1-2H3. The highest BCUT2D eigenvalue weighted by molar-refractivity contribution is 5.86. The normalized spacial score (nSPS) is 18.7. The summed E-state index contributed by atoms with van der Waals surface area (Å²) in [6, 6.07) is 0.404. The van der Waals surface area contributed by atoms with Crippen LogP contribution in [-0.2, 0) is 13.6 Å². The van der Waals surface area contributed by atoms with E-state index in [0.717, 1.165) is 36.4 Å². The predicted octanol–water partition coefficient (Wildman–Crippen LogP) is 1.93. The van der Waals surface area contributed by atoms with Crippen LogP contribution in [0.4, 0.5) is 5.82 Å². The van der Waals surface area contributed by atoms with Crippen LogP contribution in [0.3, 0.4) is 0 Å². The molecule has 0 N–H and O–H groups in total. The fraction of sp³-hybridized carbons (Fsp3) is 0.500. The summed E-state index contributed by atoms with van der Waals surface area (Å²) in [4.78, 5) is 11.3. The molecule has 0 amide bonds. The van der Waals surface area contributed by atoms with Gasteiger partial charge in [0, 0.05) is 19.8 Å². The van der Waals surface area contributed by atoms with E-state index in [1.165, 1.54) is 18.4 Å². The molecule has 0 radical (unpaired) electrons. The number of fused-ring (bicyclic) bond motifs is 1. The number of aryl methyl sites for hydroxylation is 2. The minimum atomic E-state index is 0.404. The summed E-state index contributed by atoms with van der Waals surface area (Å²) in [5.41, 5.74) is 2.08. The second-order valence-electron chi connectivity index (χ2n) is 6.29. The SMILES string of the molecule is Cc1cnn(CC2CCCCN2c2ncnc3c2cnn3C)c1. The number of hydrogen-bond acceptors (Lipinski definition) is 5. The molecule has 1 saturated heterocycles. The lowest BCUT2D eigenvalue weighted by Gasteiger charge is -2.36.